The van der Waals surface area contributed by atoms with Crippen molar-refractivity contribution in [3.8, 4) is 11.3 Å². The summed E-state index contributed by atoms with van der Waals surface area (Å²) in [5, 5.41) is 6.28. The highest BCUT2D eigenvalue weighted by molar-refractivity contribution is 5.62. The van der Waals surface area contributed by atoms with E-state index < -0.39 is 0 Å². The second-order valence-electron chi connectivity index (χ2n) is 4.46. The molecule has 0 aliphatic rings. The van der Waals surface area contributed by atoms with Gasteiger partial charge in [-0.15, -0.1) is 0 Å². The van der Waals surface area contributed by atoms with E-state index in [1.807, 2.05) is 49.5 Å². The molecule has 2 N–H and O–H groups in total. The van der Waals surface area contributed by atoms with E-state index in [2.05, 4.69) is 25.6 Å². The molecule has 104 valence electrons. The van der Waals surface area contributed by atoms with Gasteiger partial charge < -0.3 is 10.6 Å². The second-order valence-corrected chi connectivity index (χ2v) is 4.46. The topological polar surface area (TPSA) is 62.7 Å². The van der Waals surface area contributed by atoms with Gasteiger partial charge in [0.2, 0.25) is 5.95 Å². The monoisotopic (exact) mass is 277 g/mol. The Morgan fingerprint density at radius 2 is 1.71 bits per heavy atom. The normalized spacial score (nSPS) is 10.1. The van der Waals surface area contributed by atoms with Gasteiger partial charge in [-0.3, -0.25) is 4.98 Å². The lowest BCUT2D eigenvalue weighted by Gasteiger charge is -2.07. The van der Waals surface area contributed by atoms with Gasteiger partial charge in [-0.25, -0.2) is 9.97 Å². The van der Waals surface area contributed by atoms with Crippen molar-refractivity contribution in [3.05, 3.63) is 61.1 Å². The number of hydrogen-bond acceptors (Lipinski definition) is 5. The number of rotatable bonds is 4. The zero-order valence-electron chi connectivity index (χ0n) is 11.6. The molecule has 3 aromatic rings. The maximum atomic E-state index is 4.50. The van der Waals surface area contributed by atoms with Crippen LogP contribution in [-0.2, 0) is 0 Å². The lowest BCUT2D eigenvalue weighted by atomic mass is 10.2. The molecule has 0 radical (unpaired) electrons. The van der Waals surface area contributed by atoms with Crippen LogP contribution in [0.15, 0.2) is 61.1 Å². The Labute approximate surface area is 123 Å². The highest BCUT2D eigenvalue weighted by atomic mass is 15.1. The van der Waals surface area contributed by atoms with Crippen LogP contribution in [0.4, 0.5) is 17.3 Å². The Hall–Kier alpha value is -2.95. The van der Waals surface area contributed by atoms with E-state index in [1.165, 1.54) is 0 Å². The largest absolute Gasteiger partial charge is 0.388 e. The Balaban J connectivity index is 1.83. The number of benzene rings is 1. The third kappa shape index (κ3) is 3.14. The first-order valence-corrected chi connectivity index (χ1v) is 6.63. The summed E-state index contributed by atoms with van der Waals surface area (Å²) in [6.07, 6.45) is 5.26. The van der Waals surface area contributed by atoms with E-state index in [4.69, 9.17) is 0 Å². The van der Waals surface area contributed by atoms with Gasteiger partial charge in [-0.05, 0) is 42.5 Å². The molecular weight excluding hydrogens is 262 g/mol. The lowest BCUT2D eigenvalue weighted by Crippen LogP contribution is -1.98. The van der Waals surface area contributed by atoms with Crippen molar-refractivity contribution in [1.82, 2.24) is 15.0 Å². The Bertz CT molecular complexity index is 710. The van der Waals surface area contributed by atoms with E-state index in [0.29, 0.717) is 5.95 Å². The predicted molar refractivity (Wildman–Crippen MR) is 84.5 cm³/mol. The molecule has 0 saturated heterocycles. The SMILES string of the molecule is CNc1ccc(Nc2nccc(-c3cccnc3)n2)cc1. The van der Waals surface area contributed by atoms with Gasteiger partial charge in [-0.2, -0.15) is 0 Å². The highest BCUT2D eigenvalue weighted by Gasteiger charge is 2.02. The zero-order valence-corrected chi connectivity index (χ0v) is 11.6. The predicted octanol–water partition coefficient (Wildman–Crippen LogP) is 3.32. The maximum Gasteiger partial charge on any atom is 0.227 e. The number of nitrogens with zero attached hydrogens (tertiary/aromatic N) is 3. The minimum atomic E-state index is 0.563. The van der Waals surface area contributed by atoms with Crippen molar-refractivity contribution in [2.45, 2.75) is 0 Å². The molecule has 0 amide bonds. The summed E-state index contributed by atoms with van der Waals surface area (Å²) in [5.41, 5.74) is 3.81. The van der Waals surface area contributed by atoms with Crippen LogP contribution in [0.3, 0.4) is 0 Å². The van der Waals surface area contributed by atoms with Crippen molar-refractivity contribution in [2.24, 2.45) is 0 Å². The van der Waals surface area contributed by atoms with Gasteiger partial charge in [-0.1, -0.05) is 0 Å². The molecule has 2 aromatic heterocycles. The molecule has 0 aliphatic carbocycles. The quantitative estimate of drug-likeness (QED) is 0.766. The Kier molecular flexibility index (Phi) is 3.73. The van der Waals surface area contributed by atoms with Crippen LogP contribution in [-0.4, -0.2) is 22.0 Å². The molecule has 0 atom stereocenters. The molecule has 5 heteroatoms. The second kappa shape index (κ2) is 6.00. The lowest BCUT2D eigenvalue weighted by molar-refractivity contribution is 1.16. The summed E-state index contributed by atoms with van der Waals surface area (Å²) in [4.78, 5) is 12.9. The van der Waals surface area contributed by atoms with Crippen LogP contribution >= 0.6 is 0 Å². The fourth-order valence-electron chi connectivity index (χ4n) is 1.94. The van der Waals surface area contributed by atoms with Gasteiger partial charge in [0.1, 0.15) is 0 Å². The molecule has 2 heterocycles. The van der Waals surface area contributed by atoms with Crippen LogP contribution in [0.5, 0.6) is 0 Å². The summed E-state index contributed by atoms with van der Waals surface area (Å²) >= 11 is 0. The van der Waals surface area contributed by atoms with Gasteiger partial charge in [0.25, 0.3) is 0 Å². The fraction of sp³-hybridized carbons (Fsp3) is 0.0625. The van der Waals surface area contributed by atoms with Gasteiger partial charge in [0.05, 0.1) is 5.69 Å². The minimum absolute atomic E-state index is 0.563. The third-order valence-corrected chi connectivity index (χ3v) is 3.04. The molecule has 1 aromatic carbocycles. The van der Waals surface area contributed by atoms with Crippen molar-refractivity contribution < 1.29 is 0 Å². The van der Waals surface area contributed by atoms with E-state index in [9.17, 15) is 0 Å². The number of hydrogen-bond donors (Lipinski definition) is 2. The van der Waals surface area contributed by atoms with Crippen molar-refractivity contribution in [2.75, 3.05) is 17.7 Å². The van der Waals surface area contributed by atoms with Crippen LogP contribution in [0.1, 0.15) is 0 Å². The van der Waals surface area contributed by atoms with E-state index in [-0.39, 0.29) is 0 Å². The number of anilines is 3. The van der Waals surface area contributed by atoms with Crippen LogP contribution < -0.4 is 10.6 Å². The summed E-state index contributed by atoms with van der Waals surface area (Å²) in [5.74, 6) is 0.563. The average molecular weight is 277 g/mol. The smallest absolute Gasteiger partial charge is 0.227 e. The molecule has 0 spiro atoms. The molecule has 21 heavy (non-hydrogen) atoms. The summed E-state index contributed by atoms with van der Waals surface area (Å²) in [6.45, 7) is 0. The molecular formula is C16H15N5. The summed E-state index contributed by atoms with van der Waals surface area (Å²) < 4.78 is 0. The van der Waals surface area contributed by atoms with E-state index in [0.717, 1.165) is 22.6 Å². The number of pyridine rings is 1. The fourth-order valence-corrected chi connectivity index (χ4v) is 1.94. The molecule has 0 aliphatic heterocycles. The third-order valence-electron chi connectivity index (χ3n) is 3.04. The van der Waals surface area contributed by atoms with Crippen LogP contribution in [0, 0.1) is 0 Å². The van der Waals surface area contributed by atoms with Crippen LogP contribution in [0.2, 0.25) is 0 Å². The van der Waals surface area contributed by atoms with Gasteiger partial charge in [0.15, 0.2) is 0 Å². The Morgan fingerprint density at radius 3 is 2.43 bits per heavy atom. The summed E-state index contributed by atoms with van der Waals surface area (Å²) in [7, 11) is 1.89. The first-order valence-electron chi connectivity index (χ1n) is 6.63. The first kappa shape index (κ1) is 13.1. The van der Waals surface area contributed by atoms with Gasteiger partial charge >= 0.3 is 0 Å². The molecule has 0 unspecified atom stereocenters. The molecule has 0 saturated carbocycles. The van der Waals surface area contributed by atoms with E-state index in [1.54, 1.807) is 18.6 Å². The maximum absolute atomic E-state index is 4.50. The first-order chi connectivity index (χ1) is 10.3. The number of nitrogens with one attached hydrogen (secondary N) is 2. The minimum Gasteiger partial charge on any atom is -0.388 e. The molecule has 5 nitrogen and oxygen atoms in total. The van der Waals surface area contributed by atoms with Gasteiger partial charge in [0, 0.05) is 42.6 Å². The number of aromatic nitrogens is 3. The highest BCUT2D eigenvalue weighted by Crippen LogP contribution is 2.19. The van der Waals surface area contributed by atoms with Crippen molar-refractivity contribution in [3.63, 3.8) is 0 Å². The molecule has 0 fully saturated rings. The standard InChI is InChI=1S/C16H15N5/c1-17-13-4-6-14(7-5-13)20-16-19-10-8-15(21-16)12-3-2-9-18-11-12/h2-11,17H,1H3,(H,19,20,21). The van der Waals surface area contributed by atoms with Crippen LogP contribution in [0.25, 0.3) is 11.3 Å². The average Bonchev–Trinajstić information content (AvgIpc) is 2.57. The molecule has 3 rings (SSSR count). The van der Waals surface area contributed by atoms with Crippen molar-refractivity contribution in [1.29, 1.82) is 0 Å². The zero-order chi connectivity index (χ0) is 14.5. The Morgan fingerprint density at radius 1 is 0.905 bits per heavy atom. The van der Waals surface area contributed by atoms with E-state index >= 15 is 0 Å². The summed E-state index contributed by atoms with van der Waals surface area (Å²) in [6, 6.07) is 13.7. The van der Waals surface area contributed by atoms with Crippen molar-refractivity contribution >= 4 is 17.3 Å². The molecule has 0 bridgehead atoms.